The molecule has 27 heavy (non-hydrogen) atoms. The fourth-order valence-electron chi connectivity index (χ4n) is 2.30. The quantitative estimate of drug-likeness (QED) is 0.540. The molecule has 3 rings (SSSR count). The molecule has 0 heterocycles. The average molecular weight is 470 g/mol. The van der Waals surface area contributed by atoms with Gasteiger partial charge >= 0.3 is 0 Å². The second-order valence-electron chi connectivity index (χ2n) is 5.50. The van der Waals surface area contributed by atoms with Crippen LogP contribution < -0.4 is 15.0 Å². The highest BCUT2D eigenvalue weighted by atomic mass is 79.9. The van der Waals surface area contributed by atoms with Crippen molar-refractivity contribution in [1.82, 2.24) is 10.3 Å². The minimum Gasteiger partial charge on any atom is -0.483 e. The van der Waals surface area contributed by atoms with E-state index in [4.69, 9.17) is 16.3 Å². The van der Waals surface area contributed by atoms with Crippen LogP contribution in [-0.2, 0) is 14.8 Å². The number of carbonyl (C=O) groups is 1. The first kappa shape index (κ1) is 19.6. The molecule has 6 nitrogen and oxygen atoms in total. The van der Waals surface area contributed by atoms with E-state index in [1.165, 1.54) is 24.3 Å². The van der Waals surface area contributed by atoms with E-state index in [-0.39, 0.29) is 11.5 Å². The Bertz CT molecular complexity index is 1090. The maximum atomic E-state index is 12.1. The maximum absolute atomic E-state index is 12.1. The molecule has 0 aliphatic carbocycles. The topological polar surface area (TPSA) is 84.5 Å². The van der Waals surface area contributed by atoms with Crippen molar-refractivity contribution < 1.29 is 17.9 Å². The van der Waals surface area contributed by atoms with Crippen molar-refractivity contribution in [2.24, 2.45) is 0 Å². The highest BCUT2D eigenvalue weighted by molar-refractivity contribution is 9.10. The fraction of sp³-hybridized carbons (Fsp3) is 0.0556. The number of carbonyl (C=O) groups excluding carboxylic acids is 1. The largest absolute Gasteiger partial charge is 0.483 e. The predicted molar refractivity (Wildman–Crippen MR) is 107 cm³/mol. The maximum Gasteiger partial charge on any atom is 0.272 e. The summed E-state index contributed by atoms with van der Waals surface area (Å²) in [6.45, 7) is -0.361. The normalized spacial score (nSPS) is 11.3. The van der Waals surface area contributed by atoms with Gasteiger partial charge in [0.25, 0.3) is 15.9 Å². The molecule has 0 spiro atoms. The molecular formula is C18H14BrClN2O4S. The molecule has 0 bridgehead atoms. The Hall–Kier alpha value is -2.13. The van der Waals surface area contributed by atoms with Gasteiger partial charge in [-0.2, -0.15) is 0 Å². The number of hydrazine groups is 1. The summed E-state index contributed by atoms with van der Waals surface area (Å²) in [6, 6.07) is 16.9. The number of nitrogens with one attached hydrogen (secondary N) is 2. The Morgan fingerprint density at radius 2 is 1.74 bits per heavy atom. The van der Waals surface area contributed by atoms with Gasteiger partial charge in [0.05, 0.1) is 9.37 Å². The average Bonchev–Trinajstić information content (AvgIpc) is 2.66. The number of sulfonamides is 1. The second kappa shape index (κ2) is 8.26. The number of hydrogen-bond acceptors (Lipinski definition) is 4. The van der Waals surface area contributed by atoms with E-state index in [2.05, 4.69) is 21.4 Å². The van der Waals surface area contributed by atoms with E-state index in [9.17, 15) is 13.2 Å². The molecule has 0 aliphatic heterocycles. The van der Waals surface area contributed by atoms with Crippen molar-refractivity contribution in [2.45, 2.75) is 4.90 Å². The number of fused-ring (bicyclic) bond motifs is 1. The third kappa shape index (κ3) is 4.78. The minimum atomic E-state index is -3.90. The minimum absolute atomic E-state index is 0.0228. The summed E-state index contributed by atoms with van der Waals surface area (Å²) in [5.74, 6) is -0.169. The summed E-state index contributed by atoms with van der Waals surface area (Å²) < 4.78 is 30.4. The molecular weight excluding hydrogens is 456 g/mol. The lowest BCUT2D eigenvalue weighted by Gasteiger charge is -2.11. The summed E-state index contributed by atoms with van der Waals surface area (Å²) in [7, 11) is -3.90. The van der Waals surface area contributed by atoms with Gasteiger partial charge in [-0.3, -0.25) is 10.2 Å². The Balaban J connectivity index is 1.60. The number of benzene rings is 3. The summed E-state index contributed by atoms with van der Waals surface area (Å²) >= 11 is 9.19. The molecule has 3 aromatic carbocycles. The van der Waals surface area contributed by atoms with Crippen molar-refractivity contribution in [2.75, 3.05) is 6.61 Å². The molecule has 0 saturated heterocycles. The van der Waals surface area contributed by atoms with Gasteiger partial charge in [-0.15, -0.1) is 4.83 Å². The van der Waals surface area contributed by atoms with Crippen LogP contribution in [0.5, 0.6) is 5.75 Å². The molecule has 0 aliphatic rings. The summed E-state index contributed by atoms with van der Waals surface area (Å²) in [4.78, 5) is 13.9. The zero-order valence-corrected chi connectivity index (χ0v) is 16.9. The van der Waals surface area contributed by atoms with Crippen LogP contribution in [0.15, 0.2) is 70.0 Å². The molecule has 0 atom stereocenters. The summed E-state index contributed by atoms with van der Waals surface area (Å²) in [5, 5.41) is 2.38. The monoisotopic (exact) mass is 468 g/mol. The van der Waals surface area contributed by atoms with Crippen molar-refractivity contribution >= 4 is 54.2 Å². The van der Waals surface area contributed by atoms with Gasteiger partial charge in [-0.25, -0.2) is 8.42 Å². The van der Waals surface area contributed by atoms with Crippen LogP contribution in [0.1, 0.15) is 0 Å². The third-order valence-electron chi connectivity index (χ3n) is 3.64. The van der Waals surface area contributed by atoms with E-state index >= 15 is 0 Å². The Kier molecular flexibility index (Phi) is 6.01. The molecule has 0 saturated carbocycles. The van der Waals surface area contributed by atoms with Gasteiger partial charge < -0.3 is 4.74 Å². The summed E-state index contributed by atoms with van der Waals surface area (Å²) in [6.07, 6.45) is 0. The smallest absolute Gasteiger partial charge is 0.272 e. The lowest BCUT2D eigenvalue weighted by Crippen LogP contribution is -2.43. The van der Waals surface area contributed by atoms with E-state index in [0.717, 1.165) is 15.2 Å². The van der Waals surface area contributed by atoms with Crippen molar-refractivity contribution in [3.8, 4) is 5.75 Å². The zero-order chi connectivity index (χ0) is 19.4. The van der Waals surface area contributed by atoms with E-state index in [1.807, 2.05) is 35.2 Å². The standard InChI is InChI=1S/C18H14BrClN2O4S/c19-18-15-4-2-1-3-12(15)5-10-16(18)26-11-17(23)21-22-27(24,25)14-8-6-13(20)7-9-14/h1-10,22H,11H2,(H,21,23). The number of rotatable bonds is 6. The number of hydrogen-bond donors (Lipinski definition) is 2. The van der Waals surface area contributed by atoms with E-state index < -0.39 is 15.9 Å². The van der Waals surface area contributed by atoms with Gasteiger partial charge in [0, 0.05) is 5.02 Å². The first-order valence-corrected chi connectivity index (χ1v) is 10.4. The van der Waals surface area contributed by atoms with Gasteiger partial charge in [-0.1, -0.05) is 41.9 Å². The van der Waals surface area contributed by atoms with Crippen molar-refractivity contribution in [3.05, 3.63) is 70.2 Å². The molecule has 0 aromatic heterocycles. The van der Waals surface area contributed by atoms with Crippen LogP contribution in [0, 0.1) is 0 Å². The van der Waals surface area contributed by atoms with Crippen LogP contribution >= 0.6 is 27.5 Å². The molecule has 140 valence electrons. The Morgan fingerprint density at radius 1 is 1.04 bits per heavy atom. The highest BCUT2D eigenvalue weighted by Gasteiger charge is 2.15. The number of ether oxygens (including phenoxy) is 1. The SMILES string of the molecule is O=C(COc1ccc2ccccc2c1Br)NNS(=O)(=O)c1ccc(Cl)cc1. The van der Waals surface area contributed by atoms with Crippen molar-refractivity contribution in [3.63, 3.8) is 0 Å². The van der Waals surface area contributed by atoms with Crippen LogP contribution in [0.2, 0.25) is 5.02 Å². The van der Waals surface area contributed by atoms with Crippen LogP contribution in [-0.4, -0.2) is 20.9 Å². The molecule has 2 N–H and O–H groups in total. The van der Waals surface area contributed by atoms with Gasteiger partial charge in [-0.05, 0) is 57.0 Å². The van der Waals surface area contributed by atoms with Crippen molar-refractivity contribution in [1.29, 1.82) is 0 Å². The molecule has 0 fully saturated rings. The molecule has 9 heteroatoms. The van der Waals surface area contributed by atoms with Crippen LogP contribution in [0.4, 0.5) is 0 Å². The molecule has 0 unspecified atom stereocenters. The fourth-order valence-corrected chi connectivity index (χ4v) is 3.90. The van der Waals surface area contributed by atoms with Gasteiger partial charge in [0.15, 0.2) is 6.61 Å². The molecule has 1 amide bonds. The number of amides is 1. The first-order valence-electron chi connectivity index (χ1n) is 7.73. The highest BCUT2D eigenvalue weighted by Crippen LogP contribution is 2.32. The Morgan fingerprint density at radius 3 is 2.48 bits per heavy atom. The predicted octanol–water partition coefficient (Wildman–Crippen LogP) is 3.64. The number of halogens is 2. The van der Waals surface area contributed by atoms with E-state index in [0.29, 0.717) is 10.8 Å². The lowest BCUT2D eigenvalue weighted by atomic mass is 10.1. The summed E-state index contributed by atoms with van der Waals surface area (Å²) in [5.41, 5.74) is 2.11. The first-order chi connectivity index (χ1) is 12.9. The van der Waals surface area contributed by atoms with Gasteiger partial charge in [0.2, 0.25) is 0 Å². The third-order valence-corrected chi connectivity index (χ3v) is 5.97. The van der Waals surface area contributed by atoms with Crippen LogP contribution in [0.3, 0.4) is 0 Å². The molecule has 3 aromatic rings. The second-order valence-corrected chi connectivity index (χ2v) is 8.41. The zero-order valence-electron chi connectivity index (χ0n) is 13.8. The molecule has 0 radical (unpaired) electrons. The van der Waals surface area contributed by atoms with Crippen LogP contribution in [0.25, 0.3) is 10.8 Å². The Labute approximate surface area is 169 Å². The van der Waals surface area contributed by atoms with Gasteiger partial charge in [0.1, 0.15) is 5.75 Å². The lowest BCUT2D eigenvalue weighted by molar-refractivity contribution is -0.123. The van der Waals surface area contributed by atoms with E-state index in [1.54, 1.807) is 6.07 Å².